The average molecular weight is 1240 g/mol. The van der Waals surface area contributed by atoms with Crippen LogP contribution in [0, 0.1) is 5.92 Å². The van der Waals surface area contributed by atoms with Crippen molar-refractivity contribution in [1.82, 2.24) is 62.8 Å². The van der Waals surface area contributed by atoms with Gasteiger partial charge < -0.3 is 96.1 Å². The van der Waals surface area contributed by atoms with E-state index in [9.17, 15) is 82.4 Å². The summed E-state index contributed by atoms with van der Waals surface area (Å²) in [6.07, 6.45) is 2.14. The van der Waals surface area contributed by atoms with Crippen molar-refractivity contribution in [3.05, 3.63) is 54.2 Å². The first kappa shape index (κ1) is 72.1. The number of unbranched alkanes of at least 4 members (excludes halogenated alkanes) is 1. The SMILES string of the molecule is CSCC[C@H](NC(=O)[C@@H](NC(=O)[C@H](CC(N)=O)NC(=O)[C@H](CCCCN)NC(=O)[C@H](CCC(=O)O)NC(=O)[C@@H](N)Cc1cnc[nH]1)C(C)C)C(=O)N[C@@H](CC(N)=O)C(=O)N[C@@H](CC(=O)O)C(=O)N[C@@H](C)C(=O)N[C@@H](Cc1c[nH]c2ccccc12)C(=O)O. The monoisotopic (exact) mass is 1240 g/mol. The van der Waals surface area contributed by atoms with Gasteiger partial charge in [0, 0.05) is 48.3 Å². The number of nitrogens with two attached hydrogens (primary N) is 4. The molecule has 22 N–H and O–H groups in total. The number of para-hydroxylation sites is 1. The normalized spacial score (nSPS) is 14.6. The molecule has 0 fully saturated rings. The van der Waals surface area contributed by atoms with E-state index < -0.39 is 181 Å². The van der Waals surface area contributed by atoms with Crippen molar-refractivity contribution in [2.75, 3.05) is 18.6 Å². The number of imidazole rings is 1. The van der Waals surface area contributed by atoms with Crippen LogP contribution in [0.25, 0.3) is 10.9 Å². The Morgan fingerprint density at radius 3 is 1.60 bits per heavy atom. The highest BCUT2D eigenvalue weighted by atomic mass is 32.2. The van der Waals surface area contributed by atoms with Gasteiger partial charge in [-0.1, -0.05) is 32.0 Å². The number of nitrogens with one attached hydrogen (secondary N) is 11. The molecule has 0 saturated carbocycles. The molecule has 1 aromatic carbocycles. The molecule has 11 amide bonds. The summed E-state index contributed by atoms with van der Waals surface area (Å²) in [5.41, 5.74) is 24.4. The topological polar surface area (TPSA) is 556 Å². The molecule has 34 heteroatoms. The molecular formula is C53H78N16O17S. The maximum Gasteiger partial charge on any atom is 0.326 e. The van der Waals surface area contributed by atoms with Crippen molar-refractivity contribution < 1.29 is 82.4 Å². The zero-order valence-electron chi connectivity index (χ0n) is 48.3. The molecule has 87 heavy (non-hydrogen) atoms. The first-order chi connectivity index (χ1) is 41.0. The number of aromatic amines is 2. The van der Waals surface area contributed by atoms with Gasteiger partial charge in [0.05, 0.1) is 31.6 Å². The molecule has 0 bridgehead atoms. The number of aromatic nitrogens is 3. The lowest BCUT2D eigenvalue weighted by Gasteiger charge is -2.29. The third kappa shape index (κ3) is 24.7. The number of carbonyl (C=O) groups excluding carboxylic acids is 11. The number of carboxylic acids is 3. The Morgan fingerprint density at radius 2 is 1.07 bits per heavy atom. The maximum atomic E-state index is 14.1. The number of H-pyrrole nitrogens is 2. The van der Waals surface area contributed by atoms with E-state index in [1.807, 2.05) is 0 Å². The smallest absolute Gasteiger partial charge is 0.326 e. The van der Waals surface area contributed by atoms with Gasteiger partial charge in [-0.3, -0.25) is 62.3 Å². The largest absolute Gasteiger partial charge is 0.481 e. The lowest BCUT2D eigenvalue weighted by molar-refractivity contribution is -0.143. The standard InChI is InChI=1S/C53H78N16O17S/c1-25(2)43(69-51(83)36(20-40(57)71)66-46(78)32(11-7-8-15-54)63-47(79)33(12-13-41(72)73)62-45(77)30(55)18-28-23-58-24-60-28)52(84)64-34(14-16-87-4)48(80)65-35(19-39(56)70)50(82)67-37(21-42(74)75)49(81)61-26(3)44(76)68-38(53(85)86)17-27-22-59-31-10-6-5-9-29(27)31/h5-6,9-10,22-26,30,32-38,43,59H,7-8,11-21,54-55H2,1-4H3,(H2,56,70)(H2,57,71)(H,58,60)(H,61,81)(H,62,77)(H,63,79)(H,64,84)(H,65,80)(H,66,78)(H,67,82)(H,68,76)(H,69,83)(H,72,73)(H,74,75)(H,85,86)/t26-,30-,32-,33-,34-,35-,36-,37-,38-,43-/m0/s1. The number of fused-ring (bicyclic) bond motifs is 1. The van der Waals surface area contributed by atoms with Crippen LogP contribution < -0.4 is 70.8 Å². The molecule has 2 aromatic heterocycles. The van der Waals surface area contributed by atoms with Crippen LogP contribution in [0.5, 0.6) is 0 Å². The van der Waals surface area contributed by atoms with E-state index in [-0.39, 0.29) is 44.4 Å². The minimum atomic E-state index is -1.98. The van der Waals surface area contributed by atoms with E-state index in [4.69, 9.17) is 22.9 Å². The second kappa shape index (κ2) is 36.0. The fraction of sp³-hybridized carbons (Fsp3) is 0.528. The number of benzene rings is 1. The first-order valence-corrected chi connectivity index (χ1v) is 28.9. The minimum absolute atomic E-state index is 0.0358. The summed E-state index contributed by atoms with van der Waals surface area (Å²) in [5, 5.41) is 50.8. The Hall–Kier alpha value is -9.18. The number of carbonyl (C=O) groups is 14. The summed E-state index contributed by atoms with van der Waals surface area (Å²) in [4.78, 5) is 194. The van der Waals surface area contributed by atoms with Crippen molar-refractivity contribution in [2.24, 2.45) is 28.9 Å². The Balaban J connectivity index is 1.80. The molecule has 0 aliphatic rings. The van der Waals surface area contributed by atoms with Gasteiger partial charge in [0.15, 0.2) is 0 Å². The van der Waals surface area contributed by atoms with Crippen LogP contribution in [0.15, 0.2) is 43.0 Å². The Morgan fingerprint density at radius 1 is 0.563 bits per heavy atom. The van der Waals surface area contributed by atoms with Gasteiger partial charge in [0.2, 0.25) is 65.0 Å². The fourth-order valence-corrected chi connectivity index (χ4v) is 9.02. The quantitative estimate of drug-likeness (QED) is 0.0237. The first-order valence-electron chi connectivity index (χ1n) is 27.5. The number of carboxylic acid groups (broad SMARTS) is 3. The molecule has 0 aliphatic carbocycles. The third-order valence-electron chi connectivity index (χ3n) is 13.2. The molecule has 0 radical (unpaired) electrons. The van der Waals surface area contributed by atoms with Crippen LogP contribution >= 0.6 is 11.8 Å². The molecule has 0 aliphatic heterocycles. The van der Waals surface area contributed by atoms with Crippen LogP contribution in [0.3, 0.4) is 0 Å². The Labute approximate surface area is 502 Å². The number of nitrogens with zero attached hydrogens (tertiary/aromatic N) is 1. The van der Waals surface area contributed by atoms with Crippen LogP contribution in [-0.4, -0.2) is 192 Å². The lowest BCUT2D eigenvalue weighted by Crippen LogP contribution is -2.61. The van der Waals surface area contributed by atoms with Gasteiger partial charge in [-0.2, -0.15) is 11.8 Å². The highest BCUT2D eigenvalue weighted by Crippen LogP contribution is 2.20. The predicted octanol–water partition coefficient (Wildman–Crippen LogP) is -4.90. The molecule has 2 heterocycles. The minimum Gasteiger partial charge on any atom is -0.481 e. The van der Waals surface area contributed by atoms with E-state index in [1.165, 1.54) is 38.1 Å². The zero-order chi connectivity index (χ0) is 65.1. The van der Waals surface area contributed by atoms with E-state index in [1.54, 1.807) is 36.7 Å². The van der Waals surface area contributed by atoms with E-state index in [2.05, 4.69) is 62.8 Å². The van der Waals surface area contributed by atoms with E-state index in [0.29, 0.717) is 28.6 Å². The number of hydrogen-bond acceptors (Lipinski definition) is 18. The molecule has 3 rings (SSSR count). The summed E-state index contributed by atoms with van der Waals surface area (Å²) in [7, 11) is 0. The van der Waals surface area contributed by atoms with Gasteiger partial charge in [-0.15, -0.1) is 0 Å². The molecule has 33 nitrogen and oxygen atoms in total. The fourth-order valence-electron chi connectivity index (χ4n) is 8.55. The molecule has 3 aromatic rings. The molecule has 0 spiro atoms. The van der Waals surface area contributed by atoms with Crippen molar-refractivity contribution in [3.63, 3.8) is 0 Å². The van der Waals surface area contributed by atoms with Crippen molar-refractivity contribution in [1.29, 1.82) is 0 Å². The maximum absolute atomic E-state index is 14.1. The number of primary amides is 2. The number of thioether (sulfide) groups is 1. The third-order valence-corrected chi connectivity index (χ3v) is 13.9. The number of hydrogen-bond donors (Lipinski definition) is 18. The summed E-state index contributed by atoms with van der Waals surface area (Å²) in [6, 6.07) is -9.06. The number of rotatable bonds is 40. The van der Waals surface area contributed by atoms with Gasteiger partial charge in [-0.25, -0.2) is 9.78 Å². The van der Waals surface area contributed by atoms with Crippen LogP contribution in [0.2, 0.25) is 0 Å². The highest BCUT2D eigenvalue weighted by molar-refractivity contribution is 7.98. The summed E-state index contributed by atoms with van der Waals surface area (Å²) in [5.74, 6) is -17.0. The molecule has 0 unspecified atom stereocenters. The predicted molar refractivity (Wildman–Crippen MR) is 310 cm³/mol. The second-order valence-electron chi connectivity index (χ2n) is 20.6. The average Bonchev–Trinajstić information content (AvgIpc) is 3.08. The van der Waals surface area contributed by atoms with Crippen molar-refractivity contribution in [2.45, 2.75) is 152 Å². The van der Waals surface area contributed by atoms with E-state index >= 15 is 0 Å². The molecule has 10 atom stereocenters. The number of aliphatic carboxylic acids is 3. The second-order valence-corrected chi connectivity index (χ2v) is 21.6. The molecule has 478 valence electrons. The zero-order valence-corrected chi connectivity index (χ0v) is 49.1. The van der Waals surface area contributed by atoms with Gasteiger partial charge in [-0.05, 0) is 75.1 Å². The summed E-state index contributed by atoms with van der Waals surface area (Å²) >= 11 is 1.22. The lowest BCUT2D eigenvalue weighted by atomic mass is 10.0. The van der Waals surface area contributed by atoms with Crippen LogP contribution in [0.1, 0.15) is 89.8 Å². The molecule has 0 saturated heterocycles. The van der Waals surface area contributed by atoms with E-state index in [0.717, 1.165) is 6.92 Å². The Kier molecular flexibility index (Phi) is 29.8. The van der Waals surface area contributed by atoms with Gasteiger partial charge in [0.25, 0.3) is 0 Å². The highest BCUT2D eigenvalue weighted by Gasteiger charge is 2.37. The van der Waals surface area contributed by atoms with Crippen LogP contribution in [0.4, 0.5) is 0 Å². The summed E-state index contributed by atoms with van der Waals surface area (Å²) < 4.78 is 0. The Bertz CT molecular complexity index is 2920. The molecular weight excluding hydrogens is 1160 g/mol. The van der Waals surface area contributed by atoms with Crippen molar-refractivity contribution >= 4 is 106 Å². The van der Waals surface area contributed by atoms with Gasteiger partial charge in [0.1, 0.15) is 54.4 Å². The van der Waals surface area contributed by atoms with Crippen molar-refractivity contribution in [3.8, 4) is 0 Å². The number of amides is 11. The van der Waals surface area contributed by atoms with Crippen LogP contribution in [-0.2, 0) is 80.0 Å². The summed E-state index contributed by atoms with van der Waals surface area (Å²) in [6.45, 7) is 4.30. The van der Waals surface area contributed by atoms with Gasteiger partial charge >= 0.3 is 17.9 Å².